The summed E-state index contributed by atoms with van der Waals surface area (Å²) in [5.74, 6) is -0.954. The van der Waals surface area contributed by atoms with E-state index in [2.05, 4.69) is 20.0 Å². The molecule has 1 aromatic carbocycles. The first kappa shape index (κ1) is 28.9. The van der Waals surface area contributed by atoms with Crippen LogP contribution in [0.5, 0.6) is 6.01 Å². The molecule has 1 atom stereocenters. The maximum Gasteiger partial charge on any atom is 0.392 e. The lowest BCUT2D eigenvalue weighted by Gasteiger charge is -2.35. The third-order valence-electron chi connectivity index (χ3n) is 6.79. The number of hydrogen-bond donors (Lipinski definition) is 3. The van der Waals surface area contributed by atoms with Gasteiger partial charge in [0.2, 0.25) is 10.0 Å². The Hall–Kier alpha value is -3.13. The predicted octanol–water partition coefficient (Wildman–Crippen LogP) is 3.87. The van der Waals surface area contributed by atoms with E-state index >= 15 is 0 Å². The Bertz CT molecular complexity index is 1310. The number of rotatable bonds is 10. The number of halogens is 3. The maximum atomic E-state index is 13.4. The van der Waals surface area contributed by atoms with Crippen LogP contribution in [-0.2, 0) is 10.0 Å². The fourth-order valence-electron chi connectivity index (χ4n) is 4.60. The van der Waals surface area contributed by atoms with Crippen molar-refractivity contribution in [2.75, 3.05) is 40.4 Å². The van der Waals surface area contributed by atoms with Gasteiger partial charge in [-0.3, -0.25) is 9.52 Å². The first-order valence-electron chi connectivity index (χ1n) is 12.7. The van der Waals surface area contributed by atoms with E-state index in [-0.39, 0.29) is 23.1 Å². The van der Waals surface area contributed by atoms with E-state index < -0.39 is 47.0 Å². The zero-order valence-electron chi connectivity index (χ0n) is 21.7. The number of nitrogens with one attached hydrogen (secondary N) is 2. The van der Waals surface area contributed by atoms with Crippen molar-refractivity contribution < 1.29 is 36.2 Å². The van der Waals surface area contributed by atoms with Crippen molar-refractivity contribution in [2.45, 2.75) is 58.2 Å². The first-order chi connectivity index (χ1) is 18.2. The summed E-state index contributed by atoms with van der Waals surface area (Å²) < 4.78 is 69.7. The molecule has 39 heavy (non-hydrogen) atoms. The van der Waals surface area contributed by atoms with Crippen LogP contribution in [-0.4, -0.2) is 67.1 Å². The molecule has 2 heterocycles. The molecule has 1 saturated carbocycles. The number of carbonyl (C=O) groups is 1. The van der Waals surface area contributed by atoms with Crippen LogP contribution in [0, 0.1) is 12.3 Å². The molecule has 10 nitrogen and oxygen atoms in total. The number of piperidine rings is 1. The van der Waals surface area contributed by atoms with Gasteiger partial charge in [0.05, 0.1) is 35.2 Å². The fourth-order valence-corrected chi connectivity index (χ4v) is 5.80. The fraction of sp³-hybridized carbons (Fsp3) is 0.560. The van der Waals surface area contributed by atoms with Gasteiger partial charge < -0.3 is 20.1 Å². The molecule has 1 aliphatic carbocycles. The smallest absolute Gasteiger partial charge is 0.392 e. The van der Waals surface area contributed by atoms with Gasteiger partial charge in [-0.1, -0.05) is 0 Å². The van der Waals surface area contributed by atoms with Gasteiger partial charge in [0.15, 0.2) is 0 Å². The summed E-state index contributed by atoms with van der Waals surface area (Å²) in [5.41, 5.74) is 1.82. The number of alkyl halides is 3. The second-order valence-electron chi connectivity index (χ2n) is 10.3. The van der Waals surface area contributed by atoms with Crippen molar-refractivity contribution in [3.8, 4) is 6.01 Å². The average Bonchev–Trinajstić information content (AvgIpc) is 3.55. The number of amides is 1. The molecular formula is C25H32F3N5O5S. The van der Waals surface area contributed by atoms with E-state index in [1.54, 1.807) is 13.0 Å². The van der Waals surface area contributed by atoms with Crippen molar-refractivity contribution in [3.63, 3.8) is 0 Å². The molecule has 1 unspecified atom stereocenters. The van der Waals surface area contributed by atoms with Crippen molar-refractivity contribution in [1.29, 1.82) is 0 Å². The number of aryl methyl sites for hydroxylation is 1. The summed E-state index contributed by atoms with van der Waals surface area (Å²) in [6, 6.07) is 5.73. The molecule has 0 radical (unpaired) electrons. The minimum Gasteiger partial charge on any atom is -0.463 e. The van der Waals surface area contributed by atoms with Gasteiger partial charge in [-0.15, -0.1) is 0 Å². The number of carbonyl (C=O) groups excluding carboxylic acids is 1. The molecule has 0 bridgehead atoms. The first-order valence-corrected chi connectivity index (χ1v) is 14.3. The Morgan fingerprint density at radius 1 is 1.18 bits per heavy atom. The van der Waals surface area contributed by atoms with Gasteiger partial charge in [0.1, 0.15) is 12.4 Å². The van der Waals surface area contributed by atoms with Gasteiger partial charge in [0.25, 0.3) is 5.91 Å². The van der Waals surface area contributed by atoms with Crippen LogP contribution in [0.4, 0.5) is 30.4 Å². The van der Waals surface area contributed by atoms with Gasteiger partial charge in [-0.05, 0) is 63.1 Å². The molecule has 1 amide bonds. The normalized spacial score (nSPS) is 17.5. The molecule has 2 fully saturated rings. The standard InChI is InChI=1S/C25H32F3N5O5S/c1-16-13-21(31-23(29-16)38-12-9-25(26,27)28)30-22(35)19-4-3-18(32-39(36,37)15-17(2)34)14-20(19)33-10-7-24(5-6-24)8-11-33/h3-4,13-14,17,32,34H,5-12,15H2,1-2H3,(H,29,30,31,35). The molecule has 1 spiro atoms. The van der Waals surface area contributed by atoms with E-state index in [9.17, 15) is 31.5 Å². The number of hydrogen-bond acceptors (Lipinski definition) is 8. The Labute approximate surface area is 225 Å². The Kier molecular flexibility index (Phi) is 8.26. The summed E-state index contributed by atoms with van der Waals surface area (Å²) in [5, 5.41) is 12.2. The zero-order chi connectivity index (χ0) is 28.4. The minimum atomic E-state index is -4.39. The lowest BCUT2D eigenvalue weighted by Crippen LogP contribution is -2.36. The van der Waals surface area contributed by atoms with Crippen LogP contribution < -0.4 is 19.7 Å². The van der Waals surface area contributed by atoms with Crippen LogP contribution in [0.2, 0.25) is 0 Å². The average molecular weight is 572 g/mol. The number of aliphatic hydroxyl groups is 1. The molecule has 214 valence electrons. The second kappa shape index (κ2) is 11.2. The summed E-state index contributed by atoms with van der Waals surface area (Å²) in [7, 11) is -3.82. The summed E-state index contributed by atoms with van der Waals surface area (Å²) >= 11 is 0. The quantitative estimate of drug-likeness (QED) is 0.391. The van der Waals surface area contributed by atoms with Gasteiger partial charge in [-0.2, -0.15) is 18.2 Å². The molecule has 1 aliphatic heterocycles. The number of aromatic nitrogens is 2. The number of nitrogens with zero attached hydrogens (tertiary/aromatic N) is 3. The van der Waals surface area contributed by atoms with Crippen molar-refractivity contribution in [1.82, 2.24) is 9.97 Å². The highest BCUT2D eigenvalue weighted by atomic mass is 32.2. The maximum absolute atomic E-state index is 13.4. The summed E-state index contributed by atoms with van der Waals surface area (Å²) in [4.78, 5) is 23.4. The SMILES string of the molecule is Cc1cc(NC(=O)c2ccc(NS(=O)(=O)CC(C)O)cc2N2CCC3(CC2)CC3)nc(OCCC(F)(F)F)n1. The molecule has 3 N–H and O–H groups in total. The van der Waals surface area contributed by atoms with E-state index in [0.29, 0.717) is 29.9 Å². The minimum absolute atomic E-state index is 0.0535. The van der Waals surface area contributed by atoms with Gasteiger partial charge in [0, 0.05) is 24.8 Å². The third-order valence-corrected chi connectivity index (χ3v) is 8.26. The highest BCUT2D eigenvalue weighted by molar-refractivity contribution is 7.92. The number of anilines is 3. The number of aliphatic hydroxyl groups excluding tert-OH is 1. The molecule has 2 aromatic rings. The highest BCUT2D eigenvalue weighted by Gasteiger charge is 2.44. The number of ether oxygens (including phenoxy) is 1. The van der Waals surface area contributed by atoms with Crippen molar-refractivity contribution >= 4 is 33.1 Å². The van der Waals surface area contributed by atoms with Crippen LogP contribution in [0.25, 0.3) is 0 Å². The van der Waals surface area contributed by atoms with Crippen LogP contribution in [0.3, 0.4) is 0 Å². The highest BCUT2D eigenvalue weighted by Crippen LogP contribution is 2.54. The van der Waals surface area contributed by atoms with Crippen LogP contribution >= 0.6 is 0 Å². The predicted molar refractivity (Wildman–Crippen MR) is 140 cm³/mol. The van der Waals surface area contributed by atoms with E-state index in [1.807, 2.05) is 4.90 Å². The van der Waals surface area contributed by atoms with E-state index in [4.69, 9.17) is 4.74 Å². The van der Waals surface area contributed by atoms with Gasteiger partial charge >= 0.3 is 12.2 Å². The van der Waals surface area contributed by atoms with Crippen molar-refractivity contribution in [2.24, 2.45) is 5.41 Å². The van der Waals surface area contributed by atoms with Gasteiger partial charge in [-0.25, -0.2) is 13.4 Å². The molecule has 1 saturated heterocycles. The van der Waals surface area contributed by atoms with E-state index in [1.165, 1.54) is 38.0 Å². The summed E-state index contributed by atoms with van der Waals surface area (Å²) in [6.45, 7) is 3.71. The Morgan fingerprint density at radius 3 is 2.49 bits per heavy atom. The number of benzene rings is 1. The summed E-state index contributed by atoms with van der Waals surface area (Å²) in [6.07, 6.45) is -2.29. The topological polar surface area (TPSA) is 134 Å². The van der Waals surface area contributed by atoms with Crippen LogP contribution in [0.15, 0.2) is 24.3 Å². The van der Waals surface area contributed by atoms with E-state index in [0.717, 1.165) is 12.8 Å². The molecule has 4 rings (SSSR count). The third kappa shape index (κ3) is 8.18. The molecular weight excluding hydrogens is 539 g/mol. The Morgan fingerprint density at radius 2 is 1.87 bits per heavy atom. The molecule has 14 heteroatoms. The largest absolute Gasteiger partial charge is 0.463 e. The zero-order valence-corrected chi connectivity index (χ0v) is 22.5. The van der Waals surface area contributed by atoms with Crippen molar-refractivity contribution in [3.05, 3.63) is 35.5 Å². The second-order valence-corrected chi connectivity index (χ2v) is 12.1. The molecule has 1 aromatic heterocycles. The lowest BCUT2D eigenvalue weighted by molar-refractivity contribution is -0.139. The monoisotopic (exact) mass is 571 g/mol. The number of sulfonamides is 1. The van der Waals surface area contributed by atoms with Crippen LogP contribution in [0.1, 0.15) is 55.1 Å². The lowest BCUT2D eigenvalue weighted by atomic mass is 9.93. The Balaban J connectivity index is 1.56. The molecule has 2 aliphatic rings.